The molecule has 35 heavy (non-hydrogen) atoms. The van der Waals surface area contributed by atoms with Crippen LogP contribution in [-0.2, 0) is 16.1 Å². The fourth-order valence-corrected chi connectivity index (χ4v) is 4.47. The Morgan fingerprint density at radius 3 is 2.40 bits per heavy atom. The van der Waals surface area contributed by atoms with E-state index in [-0.39, 0.29) is 10.7 Å². The largest absolute Gasteiger partial charge is 0.497 e. The molecule has 1 saturated heterocycles. The Hall–Kier alpha value is -4.23. The number of nitrogens with zero attached hydrogens (tertiary/aromatic N) is 2. The lowest BCUT2D eigenvalue weighted by molar-refractivity contribution is -0.122. The Kier molecular flexibility index (Phi) is 5.93. The van der Waals surface area contributed by atoms with Gasteiger partial charge in [-0.3, -0.25) is 19.8 Å². The van der Waals surface area contributed by atoms with E-state index in [9.17, 15) is 9.59 Å². The molecule has 1 aliphatic rings. The number of aryl methyl sites for hydroxylation is 1. The van der Waals surface area contributed by atoms with Crippen molar-refractivity contribution in [2.75, 3.05) is 12.0 Å². The van der Waals surface area contributed by atoms with Crippen LogP contribution in [0.15, 0.2) is 84.6 Å². The van der Waals surface area contributed by atoms with Gasteiger partial charge in [-0.2, -0.15) is 0 Å². The third kappa shape index (κ3) is 4.34. The summed E-state index contributed by atoms with van der Waals surface area (Å²) in [7, 11) is 1.57. The van der Waals surface area contributed by atoms with Gasteiger partial charge in [0.15, 0.2) is 5.11 Å². The van der Waals surface area contributed by atoms with Gasteiger partial charge in [0.1, 0.15) is 11.3 Å². The van der Waals surface area contributed by atoms with Crippen molar-refractivity contribution in [1.82, 2.24) is 9.88 Å². The summed E-state index contributed by atoms with van der Waals surface area (Å²) in [5, 5.41) is 3.65. The summed E-state index contributed by atoms with van der Waals surface area (Å²) in [6, 6.07) is 23.3. The van der Waals surface area contributed by atoms with Gasteiger partial charge < -0.3 is 9.30 Å². The first-order valence-corrected chi connectivity index (χ1v) is 11.5. The van der Waals surface area contributed by atoms with Crippen molar-refractivity contribution in [3.05, 3.63) is 101 Å². The molecule has 5 rings (SSSR count). The Labute approximate surface area is 208 Å². The van der Waals surface area contributed by atoms with Crippen molar-refractivity contribution in [3.8, 4) is 5.75 Å². The van der Waals surface area contributed by atoms with E-state index in [1.165, 1.54) is 10.5 Å². The second kappa shape index (κ2) is 9.19. The molecular formula is C28H23N3O3S. The Morgan fingerprint density at radius 2 is 1.69 bits per heavy atom. The summed E-state index contributed by atoms with van der Waals surface area (Å²) in [6.45, 7) is 2.73. The molecule has 4 aromatic rings. The highest BCUT2D eigenvalue weighted by atomic mass is 32.1. The van der Waals surface area contributed by atoms with Crippen molar-refractivity contribution < 1.29 is 14.3 Å². The Balaban J connectivity index is 1.54. The van der Waals surface area contributed by atoms with E-state index in [2.05, 4.69) is 41.1 Å². The number of hydrogen-bond donors (Lipinski definition) is 1. The lowest BCUT2D eigenvalue weighted by Gasteiger charge is -2.29. The maximum atomic E-state index is 13.4. The summed E-state index contributed by atoms with van der Waals surface area (Å²) in [6.07, 6.45) is 3.62. The lowest BCUT2D eigenvalue weighted by atomic mass is 10.1. The maximum Gasteiger partial charge on any atom is 0.270 e. The number of benzene rings is 3. The molecule has 1 aliphatic heterocycles. The monoisotopic (exact) mass is 481 g/mol. The van der Waals surface area contributed by atoms with Crippen molar-refractivity contribution >= 4 is 51.8 Å². The van der Waals surface area contributed by atoms with Crippen molar-refractivity contribution in [1.29, 1.82) is 0 Å². The number of carbonyl (C=O) groups is 2. The second-order valence-electron chi connectivity index (χ2n) is 8.37. The summed E-state index contributed by atoms with van der Waals surface area (Å²) in [5.41, 5.74) is 4.75. The minimum Gasteiger partial charge on any atom is -0.497 e. The number of thiocarbonyl (C=S) groups is 1. The quantitative estimate of drug-likeness (QED) is 0.252. The summed E-state index contributed by atoms with van der Waals surface area (Å²) in [4.78, 5) is 27.6. The molecule has 174 valence electrons. The number of amides is 2. The van der Waals surface area contributed by atoms with Crippen molar-refractivity contribution in [2.45, 2.75) is 13.5 Å². The third-order valence-corrected chi connectivity index (χ3v) is 6.31. The number of aromatic nitrogens is 1. The molecule has 3 aromatic carbocycles. The van der Waals surface area contributed by atoms with E-state index in [1.807, 2.05) is 30.5 Å². The van der Waals surface area contributed by atoms with Crippen LogP contribution in [0, 0.1) is 6.92 Å². The molecule has 1 aromatic heterocycles. The standard InChI is InChI=1S/C28H23N3O3S/c1-18-7-9-19(10-8-18)16-30-17-20(23-5-3-4-6-25(23)30)15-24-26(32)29-28(35)31(27(24)33)21-11-13-22(34-2)14-12-21/h3-15,17H,16H2,1-2H3,(H,29,32,35). The normalized spacial score (nSPS) is 15.1. The van der Waals surface area contributed by atoms with E-state index < -0.39 is 11.8 Å². The third-order valence-electron chi connectivity index (χ3n) is 6.03. The van der Waals surface area contributed by atoms with Gasteiger partial charge in [0.25, 0.3) is 11.8 Å². The maximum absolute atomic E-state index is 13.4. The van der Waals surface area contributed by atoms with Crippen LogP contribution < -0.4 is 15.0 Å². The number of rotatable bonds is 5. The first kappa shape index (κ1) is 22.6. The number of fused-ring (bicyclic) bond motifs is 1. The zero-order valence-electron chi connectivity index (χ0n) is 19.3. The van der Waals surface area contributed by atoms with E-state index in [4.69, 9.17) is 17.0 Å². The molecule has 0 radical (unpaired) electrons. The zero-order chi connectivity index (χ0) is 24.5. The predicted octanol–water partition coefficient (Wildman–Crippen LogP) is 4.84. The van der Waals surface area contributed by atoms with Crippen LogP contribution in [0.25, 0.3) is 17.0 Å². The number of anilines is 1. The summed E-state index contributed by atoms with van der Waals surface area (Å²) < 4.78 is 7.33. The van der Waals surface area contributed by atoms with Crippen LogP contribution in [0.5, 0.6) is 5.75 Å². The first-order chi connectivity index (χ1) is 16.9. The molecule has 0 atom stereocenters. The molecule has 1 fully saturated rings. The van der Waals surface area contributed by atoms with Gasteiger partial charge in [-0.05, 0) is 61.1 Å². The summed E-state index contributed by atoms with van der Waals surface area (Å²) in [5.74, 6) is -0.329. The second-order valence-corrected chi connectivity index (χ2v) is 8.76. The minimum atomic E-state index is -0.514. The highest BCUT2D eigenvalue weighted by Crippen LogP contribution is 2.28. The van der Waals surface area contributed by atoms with Crippen molar-refractivity contribution in [3.63, 3.8) is 0 Å². The van der Waals surface area contributed by atoms with Gasteiger partial charge in [-0.25, -0.2) is 0 Å². The molecule has 6 nitrogen and oxygen atoms in total. The summed E-state index contributed by atoms with van der Waals surface area (Å²) >= 11 is 5.32. The number of para-hydroxylation sites is 1. The SMILES string of the molecule is COc1ccc(N2C(=O)C(=Cc3cn(Cc4ccc(C)cc4)c4ccccc34)C(=O)NC2=S)cc1. The smallest absolute Gasteiger partial charge is 0.270 e. The molecule has 7 heteroatoms. The topological polar surface area (TPSA) is 63.6 Å². The van der Waals surface area contributed by atoms with E-state index in [0.717, 1.165) is 22.0 Å². The highest BCUT2D eigenvalue weighted by molar-refractivity contribution is 7.80. The van der Waals surface area contributed by atoms with E-state index >= 15 is 0 Å². The molecule has 0 bridgehead atoms. The fourth-order valence-electron chi connectivity index (χ4n) is 4.19. The Morgan fingerprint density at radius 1 is 0.971 bits per heavy atom. The van der Waals surface area contributed by atoms with Crippen molar-refractivity contribution in [2.24, 2.45) is 0 Å². The number of carbonyl (C=O) groups excluding carboxylic acids is 2. The van der Waals surface area contributed by atoms with Crippen LogP contribution in [0.2, 0.25) is 0 Å². The number of hydrogen-bond acceptors (Lipinski definition) is 4. The lowest BCUT2D eigenvalue weighted by Crippen LogP contribution is -2.54. The molecule has 2 heterocycles. The molecule has 0 unspecified atom stereocenters. The Bertz CT molecular complexity index is 1480. The van der Waals surface area contributed by atoms with Crippen LogP contribution in [0.4, 0.5) is 5.69 Å². The molecular weight excluding hydrogens is 458 g/mol. The van der Waals surface area contributed by atoms with Gasteiger partial charge in [0.05, 0.1) is 12.8 Å². The zero-order valence-corrected chi connectivity index (χ0v) is 20.1. The van der Waals surface area contributed by atoms with E-state index in [1.54, 1.807) is 37.5 Å². The average Bonchev–Trinajstić information content (AvgIpc) is 3.20. The predicted molar refractivity (Wildman–Crippen MR) is 141 cm³/mol. The number of methoxy groups -OCH3 is 1. The van der Waals surface area contributed by atoms with Gasteiger partial charge in [-0.1, -0.05) is 48.0 Å². The molecule has 0 aliphatic carbocycles. The minimum absolute atomic E-state index is 0.0210. The molecule has 1 N–H and O–H groups in total. The molecule has 0 saturated carbocycles. The average molecular weight is 482 g/mol. The van der Waals surface area contributed by atoms with Gasteiger partial charge in [0, 0.05) is 29.2 Å². The highest BCUT2D eigenvalue weighted by Gasteiger charge is 2.34. The van der Waals surface area contributed by atoms with Gasteiger partial charge >= 0.3 is 0 Å². The van der Waals surface area contributed by atoms with Gasteiger partial charge in [-0.15, -0.1) is 0 Å². The van der Waals surface area contributed by atoms with Crippen LogP contribution in [-0.4, -0.2) is 28.6 Å². The fraction of sp³-hybridized carbons (Fsp3) is 0.107. The number of ether oxygens (including phenoxy) is 1. The van der Waals surface area contributed by atoms with Crippen LogP contribution in [0.1, 0.15) is 16.7 Å². The number of nitrogens with one attached hydrogen (secondary N) is 1. The van der Waals surface area contributed by atoms with E-state index in [0.29, 0.717) is 18.0 Å². The molecule has 0 spiro atoms. The van der Waals surface area contributed by atoms with Crippen LogP contribution >= 0.6 is 12.2 Å². The van der Waals surface area contributed by atoms with Gasteiger partial charge in [0.2, 0.25) is 0 Å². The first-order valence-electron chi connectivity index (χ1n) is 11.1. The van der Waals surface area contributed by atoms with Crippen LogP contribution in [0.3, 0.4) is 0 Å². The molecule has 2 amide bonds.